The summed E-state index contributed by atoms with van der Waals surface area (Å²) in [6, 6.07) is 13.1. The van der Waals surface area contributed by atoms with Gasteiger partial charge in [-0.1, -0.05) is 29.8 Å². The van der Waals surface area contributed by atoms with Gasteiger partial charge >= 0.3 is 5.97 Å². The second kappa shape index (κ2) is 7.88. The van der Waals surface area contributed by atoms with Crippen LogP contribution in [0.2, 0.25) is 5.02 Å². The zero-order valence-corrected chi connectivity index (χ0v) is 15.0. The normalized spacial score (nSPS) is 18.3. The number of likely N-dealkylation sites (N-methyl/N-ethyl adjacent to an activating group) is 1. The van der Waals surface area contributed by atoms with Gasteiger partial charge in [-0.05, 0) is 31.3 Å². The maximum atomic E-state index is 12.5. The third-order valence-electron chi connectivity index (χ3n) is 4.13. The summed E-state index contributed by atoms with van der Waals surface area (Å²) >= 11 is 6.18. The number of rotatable bonds is 3. The van der Waals surface area contributed by atoms with Crippen LogP contribution in [0.5, 0.6) is 11.5 Å². The van der Waals surface area contributed by atoms with E-state index in [1.165, 1.54) is 7.11 Å². The zero-order valence-electron chi connectivity index (χ0n) is 13.4. The van der Waals surface area contributed by atoms with Crippen LogP contribution in [0.25, 0.3) is 0 Å². The number of fused-ring (bicyclic) bond motifs is 2. The molecule has 6 heteroatoms. The molecule has 0 aliphatic carbocycles. The van der Waals surface area contributed by atoms with E-state index < -0.39 is 5.92 Å². The van der Waals surface area contributed by atoms with Gasteiger partial charge in [-0.3, -0.25) is 4.79 Å². The molecular formula is C18H19Cl2NO3. The molecule has 1 aliphatic rings. The Morgan fingerprint density at radius 1 is 1.21 bits per heavy atom. The molecule has 0 radical (unpaired) electrons. The predicted molar refractivity (Wildman–Crippen MR) is 96.6 cm³/mol. The molecule has 4 nitrogen and oxygen atoms in total. The summed E-state index contributed by atoms with van der Waals surface area (Å²) in [5.74, 6) is 0.515. The van der Waals surface area contributed by atoms with Crippen molar-refractivity contribution >= 4 is 30.0 Å². The van der Waals surface area contributed by atoms with E-state index in [0.29, 0.717) is 23.1 Å². The van der Waals surface area contributed by atoms with Gasteiger partial charge < -0.3 is 14.8 Å². The molecule has 0 amide bonds. The van der Waals surface area contributed by atoms with Crippen molar-refractivity contribution in [2.75, 3.05) is 20.7 Å². The molecule has 24 heavy (non-hydrogen) atoms. The maximum absolute atomic E-state index is 12.5. The van der Waals surface area contributed by atoms with Crippen LogP contribution in [0.3, 0.4) is 0 Å². The lowest BCUT2D eigenvalue weighted by Crippen LogP contribution is -2.28. The molecule has 1 N–H and O–H groups in total. The number of hydrogen-bond acceptors (Lipinski definition) is 4. The number of hydrogen-bond donors (Lipinski definition) is 1. The minimum Gasteiger partial charge on any atom is -0.469 e. The summed E-state index contributed by atoms with van der Waals surface area (Å²) in [6.07, 6.45) is 0. The van der Waals surface area contributed by atoms with Gasteiger partial charge in [0.25, 0.3) is 0 Å². The highest BCUT2D eigenvalue weighted by atomic mass is 35.5. The number of benzene rings is 2. The fraction of sp³-hybridized carbons (Fsp3) is 0.278. The molecule has 1 aliphatic heterocycles. The fourth-order valence-corrected chi connectivity index (χ4v) is 3.29. The summed E-state index contributed by atoms with van der Waals surface area (Å²) in [5.41, 5.74) is 1.73. The fourth-order valence-electron chi connectivity index (χ4n) is 3.11. The number of esters is 1. The third kappa shape index (κ3) is 3.36. The molecule has 0 saturated carbocycles. The highest BCUT2D eigenvalue weighted by Crippen LogP contribution is 2.47. The maximum Gasteiger partial charge on any atom is 0.313 e. The van der Waals surface area contributed by atoms with Crippen LogP contribution in [0.4, 0.5) is 0 Å². The summed E-state index contributed by atoms with van der Waals surface area (Å²) in [7, 11) is 3.27. The van der Waals surface area contributed by atoms with Crippen molar-refractivity contribution in [1.29, 1.82) is 0 Å². The highest BCUT2D eigenvalue weighted by Gasteiger charge is 2.37. The van der Waals surface area contributed by atoms with Crippen molar-refractivity contribution in [2.24, 2.45) is 0 Å². The van der Waals surface area contributed by atoms with Gasteiger partial charge in [0, 0.05) is 28.6 Å². The average molecular weight is 368 g/mol. The molecular weight excluding hydrogens is 349 g/mol. The first-order valence-electron chi connectivity index (χ1n) is 7.44. The first kappa shape index (κ1) is 18.6. The third-order valence-corrected chi connectivity index (χ3v) is 4.36. The Morgan fingerprint density at radius 2 is 1.92 bits per heavy atom. The minimum atomic E-state index is -0.455. The lowest BCUT2D eigenvalue weighted by atomic mass is 9.81. The van der Waals surface area contributed by atoms with Gasteiger partial charge in [0.05, 0.1) is 13.0 Å². The summed E-state index contributed by atoms with van der Waals surface area (Å²) < 4.78 is 11.1. The Balaban J connectivity index is 0.00000208. The number of ether oxygens (including phenoxy) is 2. The number of nitrogens with one attached hydrogen (secondary N) is 1. The number of halogens is 2. The van der Waals surface area contributed by atoms with Crippen LogP contribution in [-0.4, -0.2) is 26.7 Å². The smallest absolute Gasteiger partial charge is 0.313 e. The van der Waals surface area contributed by atoms with E-state index in [1.807, 2.05) is 43.4 Å². The molecule has 1 heterocycles. The van der Waals surface area contributed by atoms with Crippen molar-refractivity contribution in [3.63, 3.8) is 0 Å². The van der Waals surface area contributed by atoms with Crippen molar-refractivity contribution < 1.29 is 14.3 Å². The highest BCUT2D eigenvalue weighted by molar-refractivity contribution is 6.30. The molecule has 0 aromatic heterocycles. The summed E-state index contributed by atoms with van der Waals surface area (Å²) in [4.78, 5) is 12.5. The van der Waals surface area contributed by atoms with Crippen molar-refractivity contribution in [3.8, 4) is 11.5 Å². The molecule has 0 fully saturated rings. The molecule has 3 rings (SSSR count). The lowest BCUT2D eigenvalue weighted by Gasteiger charge is -2.24. The molecule has 0 unspecified atom stereocenters. The van der Waals surface area contributed by atoms with Crippen LogP contribution >= 0.6 is 24.0 Å². The number of carbonyl (C=O) groups is 1. The Labute approximate surface area is 152 Å². The summed E-state index contributed by atoms with van der Waals surface area (Å²) in [5, 5.41) is 3.77. The molecule has 2 aromatic carbocycles. The summed E-state index contributed by atoms with van der Waals surface area (Å²) in [6.45, 7) is 0.602. The monoisotopic (exact) mass is 367 g/mol. The van der Waals surface area contributed by atoms with E-state index in [0.717, 1.165) is 11.1 Å². The predicted octanol–water partition coefficient (Wildman–Crippen LogP) is 4.13. The minimum absolute atomic E-state index is 0. The van der Waals surface area contributed by atoms with Gasteiger partial charge in [-0.2, -0.15) is 0 Å². The van der Waals surface area contributed by atoms with Gasteiger partial charge in [0.15, 0.2) is 0 Å². The van der Waals surface area contributed by atoms with E-state index in [2.05, 4.69) is 5.32 Å². The average Bonchev–Trinajstić information content (AvgIpc) is 2.69. The number of carbonyl (C=O) groups excluding carboxylic acids is 1. The Morgan fingerprint density at radius 3 is 2.62 bits per heavy atom. The van der Waals surface area contributed by atoms with Crippen LogP contribution in [0.15, 0.2) is 42.5 Å². The Kier molecular flexibility index (Phi) is 6.10. The van der Waals surface area contributed by atoms with Crippen LogP contribution in [0, 0.1) is 0 Å². The van der Waals surface area contributed by atoms with Crippen molar-refractivity contribution in [1.82, 2.24) is 5.32 Å². The largest absolute Gasteiger partial charge is 0.469 e. The SMILES string of the molecule is CNC[C@@H]1c2cc(Cl)ccc2Oc2ccccc2[C@H]1C(=O)OC.Cl. The second-order valence-corrected chi connectivity index (χ2v) is 5.92. The van der Waals surface area contributed by atoms with Gasteiger partial charge in [0.2, 0.25) is 0 Å². The van der Waals surface area contributed by atoms with Crippen molar-refractivity contribution in [2.45, 2.75) is 11.8 Å². The second-order valence-electron chi connectivity index (χ2n) is 5.49. The first-order valence-corrected chi connectivity index (χ1v) is 7.82. The van der Waals surface area contributed by atoms with Gasteiger partial charge in [-0.25, -0.2) is 0 Å². The van der Waals surface area contributed by atoms with E-state index in [9.17, 15) is 4.79 Å². The molecule has 128 valence electrons. The Bertz CT molecular complexity index is 736. The molecule has 0 bridgehead atoms. The molecule has 0 spiro atoms. The van der Waals surface area contributed by atoms with Gasteiger partial charge in [0.1, 0.15) is 11.5 Å². The molecule has 2 aromatic rings. The topological polar surface area (TPSA) is 47.6 Å². The van der Waals surface area contributed by atoms with Crippen LogP contribution in [0.1, 0.15) is 23.0 Å². The Hall–Kier alpha value is -1.75. The van der Waals surface area contributed by atoms with E-state index in [1.54, 1.807) is 6.07 Å². The van der Waals surface area contributed by atoms with Crippen LogP contribution in [-0.2, 0) is 9.53 Å². The first-order chi connectivity index (χ1) is 11.2. The number of para-hydroxylation sites is 1. The zero-order chi connectivity index (χ0) is 16.4. The molecule has 2 atom stereocenters. The standard InChI is InChI=1S/C18H18ClNO3.ClH/c1-20-10-14-13-9-11(19)7-8-16(13)23-15-6-4-3-5-12(15)17(14)18(21)22-2;/h3-9,14,17,20H,10H2,1-2H3;1H/t14-,17-;/m1./s1. The lowest BCUT2D eigenvalue weighted by molar-refractivity contribution is -0.143. The van der Waals surface area contributed by atoms with E-state index >= 15 is 0 Å². The number of methoxy groups -OCH3 is 1. The quantitative estimate of drug-likeness (QED) is 0.828. The van der Waals surface area contributed by atoms with E-state index in [-0.39, 0.29) is 24.3 Å². The van der Waals surface area contributed by atoms with Crippen LogP contribution < -0.4 is 10.1 Å². The van der Waals surface area contributed by atoms with Gasteiger partial charge in [-0.15, -0.1) is 12.4 Å². The van der Waals surface area contributed by atoms with E-state index in [4.69, 9.17) is 21.1 Å². The van der Waals surface area contributed by atoms with Crippen molar-refractivity contribution in [3.05, 3.63) is 58.6 Å². The molecule has 0 saturated heterocycles.